The van der Waals surface area contributed by atoms with Crippen molar-refractivity contribution in [2.24, 2.45) is 0 Å². The summed E-state index contributed by atoms with van der Waals surface area (Å²) < 4.78 is 0. The Hall–Kier alpha value is -2.28. The van der Waals surface area contributed by atoms with Crippen molar-refractivity contribution in [1.29, 1.82) is 5.26 Å². The lowest BCUT2D eigenvalue weighted by atomic mass is 10.1. The van der Waals surface area contributed by atoms with Crippen molar-refractivity contribution in [3.05, 3.63) is 30.0 Å². The molecular formula is C10H7N3O. The third-order valence-corrected chi connectivity index (χ3v) is 2.01. The van der Waals surface area contributed by atoms with Gasteiger partial charge in [0, 0.05) is 17.1 Å². The van der Waals surface area contributed by atoms with Crippen LogP contribution < -0.4 is 5.32 Å². The number of anilines is 1. The second kappa shape index (κ2) is 3.23. The molecule has 4 nitrogen and oxygen atoms in total. The highest BCUT2D eigenvalue weighted by Crippen LogP contribution is 2.23. The van der Waals surface area contributed by atoms with Crippen LogP contribution in [0, 0.1) is 11.3 Å². The lowest BCUT2D eigenvalue weighted by molar-refractivity contribution is -0.105. The number of carbonyl (C=O) groups excluding carboxylic acids is 1. The Bertz CT molecular complexity index is 522. The summed E-state index contributed by atoms with van der Waals surface area (Å²) in [6.45, 7) is 0. The van der Waals surface area contributed by atoms with Gasteiger partial charge in [0.1, 0.15) is 0 Å². The fourth-order valence-corrected chi connectivity index (χ4v) is 1.41. The fourth-order valence-electron chi connectivity index (χ4n) is 1.41. The molecule has 0 atom stereocenters. The van der Waals surface area contributed by atoms with Gasteiger partial charge in [0.2, 0.25) is 6.41 Å². The van der Waals surface area contributed by atoms with Crippen molar-refractivity contribution < 1.29 is 4.79 Å². The Morgan fingerprint density at radius 1 is 1.50 bits per heavy atom. The molecule has 2 aromatic rings. The molecule has 0 saturated heterocycles. The van der Waals surface area contributed by atoms with Crippen molar-refractivity contribution in [3.8, 4) is 6.07 Å². The van der Waals surface area contributed by atoms with Crippen LogP contribution in [0.1, 0.15) is 5.56 Å². The normalized spacial score (nSPS) is 9.64. The smallest absolute Gasteiger partial charge is 0.211 e. The average molecular weight is 185 g/mol. The monoisotopic (exact) mass is 185 g/mol. The number of aromatic nitrogens is 1. The summed E-state index contributed by atoms with van der Waals surface area (Å²) in [4.78, 5) is 13.3. The van der Waals surface area contributed by atoms with E-state index in [-0.39, 0.29) is 0 Å². The molecule has 0 aliphatic heterocycles. The summed E-state index contributed by atoms with van der Waals surface area (Å²) in [5.41, 5.74) is 2.01. The molecule has 1 heterocycles. The third-order valence-electron chi connectivity index (χ3n) is 2.01. The summed E-state index contributed by atoms with van der Waals surface area (Å²) in [7, 11) is 0. The molecule has 0 unspecified atom stereocenters. The zero-order chi connectivity index (χ0) is 9.97. The average Bonchev–Trinajstić information content (AvgIpc) is 2.66. The van der Waals surface area contributed by atoms with Crippen LogP contribution >= 0.6 is 0 Å². The standard InChI is InChI=1S/C10H7N3O/c11-5-7-3-9-8(1-2-12-9)10(4-7)13-6-14/h1-4,6,12H,(H,13,14). The van der Waals surface area contributed by atoms with E-state index in [2.05, 4.69) is 10.3 Å². The fraction of sp³-hybridized carbons (Fsp3) is 0. The minimum Gasteiger partial charge on any atom is -0.361 e. The number of hydrogen-bond donors (Lipinski definition) is 2. The molecule has 0 saturated carbocycles. The molecule has 2 rings (SSSR count). The summed E-state index contributed by atoms with van der Waals surface area (Å²) in [5, 5.41) is 12.2. The Labute approximate surface area is 80.2 Å². The highest BCUT2D eigenvalue weighted by molar-refractivity contribution is 5.96. The number of fused-ring (bicyclic) bond motifs is 1. The van der Waals surface area contributed by atoms with E-state index in [1.54, 1.807) is 18.3 Å². The van der Waals surface area contributed by atoms with Gasteiger partial charge < -0.3 is 10.3 Å². The van der Waals surface area contributed by atoms with Gasteiger partial charge in [-0.25, -0.2) is 0 Å². The molecule has 1 aromatic carbocycles. The van der Waals surface area contributed by atoms with Gasteiger partial charge in [-0.15, -0.1) is 0 Å². The summed E-state index contributed by atoms with van der Waals surface area (Å²) in [6.07, 6.45) is 2.37. The second-order valence-electron chi connectivity index (χ2n) is 2.84. The maximum atomic E-state index is 10.3. The van der Waals surface area contributed by atoms with Gasteiger partial charge >= 0.3 is 0 Å². The Kier molecular flexibility index (Phi) is 1.92. The van der Waals surface area contributed by atoms with E-state index in [0.29, 0.717) is 17.7 Å². The van der Waals surface area contributed by atoms with Crippen LogP contribution in [0.15, 0.2) is 24.4 Å². The molecule has 2 N–H and O–H groups in total. The molecule has 0 spiro atoms. The predicted octanol–water partition coefficient (Wildman–Crippen LogP) is 1.61. The maximum absolute atomic E-state index is 10.3. The molecule has 0 fully saturated rings. The highest BCUT2D eigenvalue weighted by Gasteiger charge is 2.03. The quantitative estimate of drug-likeness (QED) is 0.698. The van der Waals surface area contributed by atoms with E-state index < -0.39 is 0 Å². The zero-order valence-electron chi connectivity index (χ0n) is 7.24. The van der Waals surface area contributed by atoms with E-state index in [9.17, 15) is 4.79 Å². The Morgan fingerprint density at radius 3 is 3.07 bits per heavy atom. The minimum absolute atomic E-state index is 0.518. The third kappa shape index (κ3) is 1.21. The molecule has 0 aliphatic rings. The number of nitriles is 1. The number of nitrogens with zero attached hydrogens (tertiary/aromatic N) is 1. The van der Waals surface area contributed by atoms with Crippen LogP contribution in [0.2, 0.25) is 0 Å². The van der Waals surface area contributed by atoms with E-state index in [1.807, 2.05) is 12.1 Å². The van der Waals surface area contributed by atoms with Crippen molar-refractivity contribution in [1.82, 2.24) is 4.98 Å². The summed E-state index contributed by atoms with van der Waals surface area (Å²) in [5.74, 6) is 0. The number of aromatic amines is 1. The molecule has 1 amide bonds. The Balaban J connectivity index is 2.71. The molecule has 68 valence electrons. The molecule has 1 aromatic heterocycles. The van der Waals surface area contributed by atoms with Crippen LogP contribution in [0.4, 0.5) is 5.69 Å². The molecule has 0 radical (unpaired) electrons. The molecule has 0 aliphatic carbocycles. The van der Waals surface area contributed by atoms with Gasteiger partial charge in [-0.1, -0.05) is 0 Å². The van der Waals surface area contributed by atoms with Crippen LogP contribution in [-0.4, -0.2) is 11.4 Å². The van der Waals surface area contributed by atoms with Gasteiger partial charge in [0.05, 0.1) is 17.3 Å². The van der Waals surface area contributed by atoms with Crippen molar-refractivity contribution in [2.45, 2.75) is 0 Å². The van der Waals surface area contributed by atoms with Crippen molar-refractivity contribution in [3.63, 3.8) is 0 Å². The van der Waals surface area contributed by atoms with Gasteiger partial charge in [0.25, 0.3) is 0 Å². The largest absolute Gasteiger partial charge is 0.361 e. The van der Waals surface area contributed by atoms with E-state index in [1.165, 1.54) is 0 Å². The van der Waals surface area contributed by atoms with Gasteiger partial charge in [0.15, 0.2) is 0 Å². The van der Waals surface area contributed by atoms with Gasteiger partial charge in [-0.05, 0) is 18.2 Å². The first kappa shape index (κ1) is 8.32. The number of H-pyrrole nitrogens is 1. The second-order valence-corrected chi connectivity index (χ2v) is 2.84. The molecule has 14 heavy (non-hydrogen) atoms. The number of nitrogens with one attached hydrogen (secondary N) is 2. The van der Waals surface area contributed by atoms with Gasteiger partial charge in [-0.2, -0.15) is 5.26 Å². The first-order chi connectivity index (χ1) is 6.85. The van der Waals surface area contributed by atoms with E-state index in [4.69, 9.17) is 5.26 Å². The van der Waals surface area contributed by atoms with Crippen LogP contribution in [-0.2, 0) is 4.79 Å². The molecule has 0 bridgehead atoms. The topological polar surface area (TPSA) is 68.7 Å². The molecule has 4 heteroatoms. The van der Waals surface area contributed by atoms with Gasteiger partial charge in [-0.3, -0.25) is 4.79 Å². The molecular weight excluding hydrogens is 178 g/mol. The number of benzene rings is 1. The lowest BCUT2D eigenvalue weighted by Crippen LogP contribution is -1.94. The van der Waals surface area contributed by atoms with Crippen LogP contribution in [0.5, 0.6) is 0 Å². The number of amides is 1. The summed E-state index contributed by atoms with van der Waals surface area (Å²) >= 11 is 0. The van der Waals surface area contributed by atoms with E-state index >= 15 is 0 Å². The predicted molar refractivity (Wildman–Crippen MR) is 52.7 cm³/mol. The maximum Gasteiger partial charge on any atom is 0.211 e. The van der Waals surface area contributed by atoms with Crippen LogP contribution in [0.25, 0.3) is 10.9 Å². The zero-order valence-corrected chi connectivity index (χ0v) is 7.24. The SMILES string of the molecule is N#Cc1cc(NC=O)c2cc[nH]c2c1. The van der Waals surface area contributed by atoms with Crippen molar-refractivity contribution >= 4 is 23.0 Å². The summed E-state index contributed by atoms with van der Waals surface area (Å²) in [6, 6.07) is 7.27. The Morgan fingerprint density at radius 2 is 2.36 bits per heavy atom. The number of hydrogen-bond acceptors (Lipinski definition) is 2. The van der Waals surface area contributed by atoms with Crippen LogP contribution in [0.3, 0.4) is 0 Å². The number of carbonyl (C=O) groups is 1. The first-order valence-electron chi connectivity index (χ1n) is 4.06. The first-order valence-corrected chi connectivity index (χ1v) is 4.06. The lowest BCUT2D eigenvalue weighted by Gasteiger charge is -2.01. The number of rotatable bonds is 2. The van der Waals surface area contributed by atoms with E-state index in [0.717, 1.165) is 10.9 Å². The minimum atomic E-state index is 0.518. The van der Waals surface area contributed by atoms with Crippen molar-refractivity contribution in [2.75, 3.05) is 5.32 Å². The highest BCUT2D eigenvalue weighted by atomic mass is 16.1.